The first-order chi connectivity index (χ1) is 18.1. The van der Waals surface area contributed by atoms with E-state index < -0.39 is 0 Å². The second-order valence-corrected chi connectivity index (χ2v) is 10.8. The summed E-state index contributed by atoms with van der Waals surface area (Å²) >= 11 is 7.61. The van der Waals surface area contributed by atoms with Crippen molar-refractivity contribution < 1.29 is 4.79 Å². The van der Waals surface area contributed by atoms with Gasteiger partial charge in [0.1, 0.15) is 5.70 Å². The minimum absolute atomic E-state index is 0.0183. The van der Waals surface area contributed by atoms with Gasteiger partial charge in [-0.1, -0.05) is 92.9 Å². The second kappa shape index (κ2) is 11.5. The molecule has 3 aromatic carbocycles. The zero-order chi connectivity index (χ0) is 25.8. The van der Waals surface area contributed by atoms with Crippen LogP contribution in [0.15, 0.2) is 94.5 Å². The van der Waals surface area contributed by atoms with Crippen molar-refractivity contribution in [3.05, 3.63) is 89.6 Å². The Bertz CT molecular complexity index is 1370. The molecule has 0 atom stereocenters. The van der Waals surface area contributed by atoms with Crippen LogP contribution in [0.3, 0.4) is 0 Å². The highest BCUT2D eigenvalue weighted by molar-refractivity contribution is 8.03. The van der Waals surface area contributed by atoms with Gasteiger partial charge in [-0.2, -0.15) is 0 Å². The Balaban J connectivity index is 1.47. The van der Waals surface area contributed by atoms with Crippen LogP contribution < -0.4 is 9.80 Å². The largest absolute Gasteiger partial charge is 0.335 e. The van der Waals surface area contributed by atoms with Crippen molar-refractivity contribution in [1.82, 2.24) is 4.90 Å². The minimum Gasteiger partial charge on any atom is -0.335 e. The summed E-state index contributed by atoms with van der Waals surface area (Å²) in [4.78, 5) is 20.9. The molecule has 190 valence electrons. The topological polar surface area (TPSA) is 26.8 Å². The Kier molecular flexibility index (Phi) is 7.96. The van der Waals surface area contributed by atoms with E-state index in [1.54, 1.807) is 16.7 Å². The molecule has 2 aliphatic rings. The molecular weight excluding hydrogens is 494 g/mol. The summed E-state index contributed by atoms with van der Waals surface area (Å²) in [6.07, 6.45) is 9.75. The van der Waals surface area contributed by atoms with E-state index in [-0.39, 0.29) is 5.91 Å². The summed E-state index contributed by atoms with van der Waals surface area (Å²) in [5.74, 6) is -0.0183. The highest BCUT2D eigenvalue weighted by Gasteiger charge is 2.38. The molecule has 0 N–H and O–H groups in total. The zero-order valence-corrected chi connectivity index (χ0v) is 23.2. The fourth-order valence-corrected chi connectivity index (χ4v) is 6.57. The molecule has 3 aromatic rings. The van der Waals surface area contributed by atoms with Gasteiger partial charge in [-0.05, 0) is 61.3 Å². The summed E-state index contributed by atoms with van der Waals surface area (Å²) < 4.78 is 0. The molecule has 0 unspecified atom stereocenters. The molecule has 37 heavy (non-hydrogen) atoms. The van der Waals surface area contributed by atoms with Crippen LogP contribution in [0.25, 0.3) is 10.8 Å². The molecule has 1 amide bonds. The van der Waals surface area contributed by atoms with E-state index in [4.69, 9.17) is 12.2 Å². The lowest BCUT2D eigenvalue weighted by molar-refractivity contribution is -0.122. The smallest absolute Gasteiger partial charge is 0.277 e. The van der Waals surface area contributed by atoms with Gasteiger partial charge in [-0.3, -0.25) is 14.6 Å². The second-order valence-electron chi connectivity index (χ2n) is 9.36. The molecule has 0 saturated carbocycles. The van der Waals surface area contributed by atoms with Crippen LogP contribution in [-0.2, 0) is 4.79 Å². The van der Waals surface area contributed by atoms with Gasteiger partial charge in [-0.25, -0.2) is 0 Å². The Morgan fingerprint density at radius 1 is 0.838 bits per heavy atom. The molecule has 5 rings (SSSR count). The van der Waals surface area contributed by atoms with Crippen molar-refractivity contribution >= 4 is 57.1 Å². The van der Waals surface area contributed by atoms with Gasteiger partial charge in [0.2, 0.25) is 0 Å². The molecule has 0 radical (unpaired) electrons. The van der Waals surface area contributed by atoms with E-state index in [0.717, 1.165) is 30.1 Å². The Morgan fingerprint density at radius 3 is 2.38 bits per heavy atom. The maximum Gasteiger partial charge on any atom is 0.277 e. The first-order valence-corrected chi connectivity index (χ1v) is 14.5. The van der Waals surface area contributed by atoms with Crippen molar-refractivity contribution in [3.63, 3.8) is 0 Å². The number of hydrogen-bond donors (Lipinski definition) is 0. The van der Waals surface area contributed by atoms with Gasteiger partial charge in [0.25, 0.3) is 5.91 Å². The predicted octanol–water partition coefficient (Wildman–Crippen LogP) is 8.10. The van der Waals surface area contributed by atoms with Crippen LogP contribution in [-0.4, -0.2) is 29.0 Å². The Hall–Kier alpha value is -3.09. The number of thiocarbonyl (C=S) groups is 1. The number of nitrogens with zero attached hydrogens (tertiary/aromatic N) is 3. The van der Waals surface area contributed by atoms with E-state index in [0.29, 0.717) is 17.4 Å². The van der Waals surface area contributed by atoms with Crippen LogP contribution in [0.2, 0.25) is 0 Å². The Labute approximate surface area is 229 Å². The van der Waals surface area contributed by atoms with E-state index >= 15 is 0 Å². The number of hydrogen-bond acceptors (Lipinski definition) is 4. The summed E-state index contributed by atoms with van der Waals surface area (Å²) in [7, 11) is 0. The SMILES string of the molecule is CCCCCCCN1C(=O)C(=CC=C2Sc3ccc4ccccc4c3N2CC)N(c2ccccc2)C1=S. The number of thioether (sulfide) groups is 1. The summed E-state index contributed by atoms with van der Waals surface area (Å²) in [5, 5.41) is 4.17. The number of carbonyl (C=O) groups excluding carboxylic acids is 1. The molecule has 0 bridgehead atoms. The molecule has 0 spiro atoms. The number of anilines is 2. The number of rotatable bonds is 9. The third kappa shape index (κ3) is 5.05. The molecule has 6 heteroatoms. The third-order valence-corrected chi connectivity index (χ3v) is 8.46. The van der Waals surface area contributed by atoms with Crippen LogP contribution in [0, 0.1) is 0 Å². The summed E-state index contributed by atoms with van der Waals surface area (Å²) in [6.45, 7) is 5.89. The summed E-state index contributed by atoms with van der Waals surface area (Å²) in [6, 6.07) is 22.9. The van der Waals surface area contributed by atoms with E-state index in [2.05, 4.69) is 61.2 Å². The molecule has 1 fully saturated rings. The normalized spacial score (nSPS) is 17.6. The van der Waals surface area contributed by atoms with Crippen molar-refractivity contribution in [2.75, 3.05) is 22.9 Å². The highest BCUT2D eigenvalue weighted by Crippen LogP contribution is 2.49. The zero-order valence-electron chi connectivity index (χ0n) is 21.5. The molecule has 0 aliphatic carbocycles. The lowest BCUT2D eigenvalue weighted by Gasteiger charge is -2.21. The van der Waals surface area contributed by atoms with Gasteiger partial charge >= 0.3 is 0 Å². The van der Waals surface area contributed by atoms with Crippen molar-refractivity contribution in [1.29, 1.82) is 0 Å². The monoisotopic (exact) mass is 527 g/mol. The van der Waals surface area contributed by atoms with Gasteiger partial charge in [0.15, 0.2) is 5.11 Å². The quantitative estimate of drug-likeness (QED) is 0.159. The molecule has 1 saturated heterocycles. The van der Waals surface area contributed by atoms with Crippen LogP contribution in [0.4, 0.5) is 11.4 Å². The first kappa shape index (κ1) is 25.6. The third-order valence-electron chi connectivity index (χ3n) is 6.94. The fourth-order valence-electron chi connectivity index (χ4n) is 5.05. The van der Waals surface area contributed by atoms with Gasteiger partial charge in [0, 0.05) is 29.1 Å². The van der Waals surface area contributed by atoms with Crippen molar-refractivity contribution in [3.8, 4) is 0 Å². The number of carbonyl (C=O) groups is 1. The molecule has 0 aromatic heterocycles. The number of allylic oxidation sites excluding steroid dienone is 2. The van der Waals surface area contributed by atoms with E-state index in [1.807, 2.05) is 41.3 Å². The predicted molar refractivity (Wildman–Crippen MR) is 161 cm³/mol. The minimum atomic E-state index is -0.0183. The summed E-state index contributed by atoms with van der Waals surface area (Å²) in [5.41, 5.74) is 2.77. The maximum absolute atomic E-state index is 13.6. The van der Waals surface area contributed by atoms with Crippen LogP contribution >= 0.6 is 24.0 Å². The molecule has 2 aliphatic heterocycles. The van der Waals surface area contributed by atoms with Crippen molar-refractivity contribution in [2.24, 2.45) is 0 Å². The van der Waals surface area contributed by atoms with Gasteiger partial charge in [-0.15, -0.1) is 0 Å². The average molecular weight is 528 g/mol. The van der Waals surface area contributed by atoms with E-state index in [1.165, 1.54) is 40.6 Å². The van der Waals surface area contributed by atoms with Crippen LogP contribution in [0.5, 0.6) is 0 Å². The first-order valence-electron chi connectivity index (χ1n) is 13.2. The standard InChI is InChI=1S/C31H33N3OS2/c1-3-5-6-7-13-22-33-30(35)26(34(31(33)36)24-15-9-8-10-16-24)19-21-28-32(4-2)29-25-17-12-11-14-23(25)18-20-27(29)37-28/h8-12,14-21H,3-7,13,22H2,1-2H3. The number of amides is 1. The number of fused-ring (bicyclic) bond motifs is 3. The van der Waals surface area contributed by atoms with Crippen LogP contribution in [0.1, 0.15) is 46.0 Å². The average Bonchev–Trinajstić information content (AvgIpc) is 3.41. The lowest BCUT2D eigenvalue weighted by Crippen LogP contribution is -2.33. The molecule has 4 nitrogen and oxygen atoms in total. The number of unbranched alkanes of at least 4 members (excludes halogenated alkanes) is 4. The van der Waals surface area contributed by atoms with E-state index in [9.17, 15) is 4.79 Å². The number of para-hydroxylation sites is 1. The maximum atomic E-state index is 13.6. The Morgan fingerprint density at radius 2 is 1.59 bits per heavy atom. The van der Waals surface area contributed by atoms with Crippen molar-refractivity contribution in [2.45, 2.75) is 50.8 Å². The van der Waals surface area contributed by atoms with Gasteiger partial charge < -0.3 is 4.90 Å². The van der Waals surface area contributed by atoms with Gasteiger partial charge in [0.05, 0.1) is 10.7 Å². The molecular formula is C31H33N3OS2. The lowest BCUT2D eigenvalue weighted by atomic mass is 10.1. The number of benzene rings is 3. The fraction of sp³-hybridized carbons (Fsp3) is 0.290. The molecule has 2 heterocycles. The highest BCUT2D eigenvalue weighted by atomic mass is 32.2.